The predicted molar refractivity (Wildman–Crippen MR) is 85.7 cm³/mol. The molecule has 2 rings (SSSR count). The first-order chi connectivity index (χ1) is 10.1. The Kier molecular flexibility index (Phi) is 5.07. The second-order valence-corrected chi connectivity index (χ2v) is 5.57. The molecule has 1 aromatic carbocycles. The van der Waals surface area contributed by atoms with Crippen molar-refractivity contribution < 1.29 is 9.53 Å². The number of likely N-dealkylation sites (N-methyl/N-ethyl adjacent to an activating group) is 2. The number of hydrogen-bond acceptors (Lipinski definition) is 5. The second kappa shape index (κ2) is 6.80. The number of rotatable bonds is 5. The van der Waals surface area contributed by atoms with Crippen LogP contribution >= 0.6 is 0 Å². The number of carbonyl (C=O) groups excluding carboxylic acids is 1. The third-order valence-electron chi connectivity index (χ3n) is 4.23. The van der Waals surface area contributed by atoms with Crippen molar-refractivity contribution in [2.45, 2.75) is 25.8 Å². The monoisotopic (exact) mass is 291 g/mol. The molecule has 0 spiro atoms. The molecule has 1 aromatic rings. The standard InChI is InChI=1S/C16H25N3O2/c1-4-19-9-5-6-13(19)11-18(2)15-8-7-12(17)10-14(15)16(20)21-3/h7-8,10,13H,4-6,9,11,17H2,1-3H3. The van der Waals surface area contributed by atoms with Gasteiger partial charge < -0.3 is 15.4 Å². The Morgan fingerprint density at radius 1 is 1.52 bits per heavy atom. The molecule has 0 aliphatic carbocycles. The quantitative estimate of drug-likeness (QED) is 0.664. The van der Waals surface area contributed by atoms with E-state index >= 15 is 0 Å². The molecule has 0 bridgehead atoms. The van der Waals surface area contributed by atoms with E-state index in [0.717, 1.165) is 18.8 Å². The topological polar surface area (TPSA) is 58.8 Å². The average Bonchev–Trinajstić information content (AvgIpc) is 2.93. The van der Waals surface area contributed by atoms with Crippen molar-refractivity contribution in [2.75, 3.05) is 44.4 Å². The van der Waals surface area contributed by atoms with Crippen molar-refractivity contribution in [1.82, 2.24) is 4.90 Å². The number of hydrogen-bond donors (Lipinski definition) is 1. The van der Waals surface area contributed by atoms with E-state index in [0.29, 0.717) is 17.3 Å². The van der Waals surface area contributed by atoms with Crippen molar-refractivity contribution in [1.29, 1.82) is 0 Å². The molecule has 1 heterocycles. The largest absolute Gasteiger partial charge is 0.465 e. The Hall–Kier alpha value is -1.75. The van der Waals surface area contributed by atoms with Gasteiger partial charge in [0.25, 0.3) is 0 Å². The smallest absolute Gasteiger partial charge is 0.340 e. The number of ether oxygens (including phenoxy) is 1. The van der Waals surface area contributed by atoms with Gasteiger partial charge in [-0.05, 0) is 44.1 Å². The summed E-state index contributed by atoms with van der Waals surface area (Å²) in [6, 6.07) is 5.95. The van der Waals surface area contributed by atoms with Crippen molar-refractivity contribution >= 4 is 17.3 Å². The van der Waals surface area contributed by atoms with Gasteiger partial charge in [0.1, 0.15) is 0 Å². The molecule has 21 heavy (non-hydrogen) atoms. The van der Waals surface area contributed by atoms with Crippen LogP contribution in [0.5, 0.6) is 0 Å². The molecule has 0 radical (unpaired) electrons. The highest BCUT2D eigenvalue weighted by Gasteiger charge is 2.25. The van der Waals surface area contributed by atoms with Gasteiger partial charge in [0, 0.05) is 25.3 Å². The summed E-state index contributed by atoms with van der Waals surface area (Å²) in [7, 11) is 3.41. The van der Waals surface area contributed by atoms with Crippen LogP contribution in [0.2, 0.25) is 0 Å². The normalized spacial score (nSPS) is 18.7. The number of nitrogens with two attached hydrogens (primary N) is 1. The zero-order chi connectivity index (χ0) is 15.4. The van der Waals surface area contributed by atoms with E-state index in [4.69, 9.17) is 10.5 Å². The van der Waals surface area contributed by atoms with Gasteiger partial charge >= 0.3 is 5.97 Å². The highest BCUT2D eigenvalue weighted by Crippen LogP contribution is 2.25. The van der Waals surface area contributed by atoms with Crippen LogP contribution in [-0.4, -0.2) is 50.7 Å². The number of carbonyl (C=O) groups is 1. The van der Waals surface area contributed by atoms with Crippen LogP contribution in [0.3, 0.4) is 0 Å². The number of benzene rings is 1. The molecule has 1 saturated heterocycles. The van der Waals surface area contributed by atoms with Crippen molar-refractivity contribution in [3.63, 3.8) is 0 Å². The minimum atomic E-state index is -0.345. The minimum Gasteiger partial charge on any atom is -0.465 e. The Balaban J connectivity index is 2.18. The van der Waals surface area contributed by atoms with E-state index in [-0.39, 0.29) is 5.97 Å². The van der Waals surface area contributed by atoms with E-state index in [9.17, 15) is 4.79 Å². The highest BCUT2D eigenvalue weighted by molar-refractivity contribution is 5.96. The van der Waals surface area contributed by atoms with Crippen molar-refractivity contribution in [3.05, 3.63) is 23.8 Å². The molecule has 2 N–H and O–H groups in total. The number of nitrogen functional groups attached to an aromatic ring is 1. The number of likely N-dealkylation sites (tertiary alicyclic amines) is 1. The van der Waals surface area contributed by atoms with Crippen LogP contribution in [0, 0.1) is 0 Å². The molecule has 0 saturated carbocycles. The van der Waals surface area contributed by atoms with Gasteiger partial charge in [0.05, 0.1) is 18.4 Å². The summed E-state index contributed by atoms with van der Waals surface area (Å²) in [6.45, 7) is 5.34. The molecular weight excluding hydrogens is 266 g/mol. The van der Waals surface area contributed by atoms with E-state index in [1.54, 1.807) is 6.07 Å². The Bertz CT molecular complexity index is 504. The van der Waals surface area contributed by atoms with Gasteiger partial charge in [0.15, 0.2) is 0 Å². The lowest BCUT2D eigenvalue weighted by Gasteiger charge is -2.30. The molecule has 1 aliphatic rings. The minimum absolute atomic E-state index is 0.345. The van der Waals surface area contributed by atoms with E-state index in [1.165, 1.54) is 26.5 Å². The van der Waals surface area contributed by atoms with Gasteiger partial charge in [0.2, 0.25) is 0 Å². The summed E-state index contributed by atoms with van der Waals surface area (Å²) < 4.78 is 4.86. The van der Waals surface area contributed by atoms with Crippen LogP contribution in [0.25, 0.3) is 0 Å². The van der Waals surface area contributed by atoms with Crippen LogP contribution in [0.4, 0.5) is 11.4 Å². The van der Waals surface area contributed by atoms with Gasteiger partial charge in [-0.15, -0.1) is 0 Å². The Morgan fingerprint density at radius 2 is 2.29 bits per heavy atom. The average molecular weight is 291 g/mol. The zero-order valence-corrected chi connectivity index (χ0v) is 13.1. The SMILES string of the molecule is CCN1CCCC1CN(C)c1ccc(N)cc1C(=O)OC. The molecule has 116 valence electrons. The number of nitrogens with zero attached hydrogens (tertiary/aromatic N) is 2. The van der Waals surface area contributed by atoms with E-state index < -0.39 is 0 Å². The first kappa shape index (κ1) is 15.6. The third-order valence-corrected chi connectivity index (χ3v) is 4.23. The van der Waals surface area contributed by atoms with Crippen molar-refractivity contribution in [3.8, 4) is 0 Å². The fraction of sp³-hybridized carbons (Fsp3) is 0.562. The number of methoxy groups -OCH3 is 1. The molecule has 0 amide bonds. The third kappa shape index (κ3) is 3.47. The summed E-state index contributed by atoms with van der Waals surface area (Å²) >= 11 is 0. The maximum absolute atomic E-state index is 11.9. The molecule has 1 atom stereocenters. The molecular formula is C16H25N3O2. The van der Waals surface area contributed by atoms with Gasteiger partial charge in [-0.1, -0.05) is 6.92 Å². The fourth-order valence-corrected chi connectivity index (χ4v) is 3.09. The lowest BCUT2D eigenvalue weighted by molar-refractivity contribution is 0.0601. The lowest BCUT2D eigenvalue weighted by Crippen LogP contribution is -2.39. The molecule has 1 fully saturated rings. The lowest BCUT2D eigenvalue weighted by atomic mass is 10.1. The molecule has 5 nitrogen and oxygen atoms in total. The summed E-state index contributed by atoms with van der Waals surface area (Å²) in [5.74, 6) is -0.345. The van der Waals surface area contributed by atoms with Crippen LogP contribution in [-0.2, 0) is 4.74 Å². The maximum Gasteiger partial charge on any atom is 0.340 e. The van der Waals surface area contributed by atoms with Crippen LogP contribution in [0.1, 0.15) is 30.1 Å². The zero-order valence-electron chi connectivity index (χ0n) is 13.1. The predicted octanol–water partition coefficient (Wildman–Crippen LogP) is 1.98. The van der Waals surface area contributed by atoms with E-state index in [1.807, 2.05) is 19.2 Å². The summed E-state index contributed by atoms with van der Waals surface area (Å²) in [4.78, 5) is 16.6. The number of anilines is 2. The van der Waals surface area contributed by atoms with Gasteiger partial charge in [-0.25, -0.2) is 4.79 Å². The maximum atomic E-state index is 11.9. The van der Waals surface area contributed by atoms with Gasteiger partial charge in [-0.3, -0.25) is 4.90 Å². The summed E-state index contributed by atoms with van der Waals surface area (Å²) in [5, 5.41) is 0. The molecule has 1 aliphatic heterocycles. The molecule has 0 aromatic heterocycles. The summed E-state index contributed by atoms with van der Waals surface area (Å²) in [6.07, 6.45) is 2.46. The Morgan fingerprint density at radius 3 is 2.95 bits per heavy atom. The molecule has 1 unspecified atom stereocenters. The van der Waals surface area contributed by atoms with Crippen molar-refractivity contribution in [2.24, 2.45) is 0 Å². The number of esters is 1. The first-order valence-electron chi connectivity index (χ1n) is 7.49. The second-order valence-electron chi connectivity index (χ2n) is 5.57. The molecule has 5 heteroatoms. The fourth-order valence-electron chi connectivity index (χ4n) is 3.09. The van der Waals surface area contributed by atoms with Crippen LogP contribution in [0.15, 0.2) is 18.2 Å². The van der Waals surface area contributed by atoms with Gasteiger partial charge in [-0.2, -0.15) is 0 Å². The summed E-state index contributed by atoms with van der Waals surface area (Å²) in [5.41, 5.74) is 7.77. The Labute approximate surface area is 126 Å². The van der Waals surface area contributed by atoms with Crippen LogP contribution < -0.4 is 10.6 Å². The first-order valence-corrected chi connectivity index (χ1v) is 7.49. The van der Waals surface area contributed by atoms with E-state index in [2.05, 4.69) is 16.7 Å². The highest BCUT2D eigenvalue weighted by atomic mass is 16.5.